The third-order valence-electron chi connectivity index (χ3n) is 5.01. The molecule has 3 N–H and O–H groups in total. The number of hydrogen-bond acceptors (Lipinski definition) is 5. The Labute approximate surface area is 183 Å². The van der Waals surface area contributed by atoms with Gasteiger partial charge in [-0.25, -0.2) is 8.42 Å². The van der Waals surface area contributed by atoms with Gasteiger partial charge in [-0.1, -0.05) is 12.1 Å². The average molecular weight is 445 g/mol. The van der Waals surface area contributed by atoms with Crippen molar-refractivity contribution < 1.29 is 18.0 Å². The topological polar surface area (TPSA) is 108 Å². The van der Waals surface area contributed by atoms with Crippen molar-refractivity contribution in [2.24, 2.45) is 0 Å². The number of benzene rings is 2. The molecule has 1 aliphatic rings. The van der Waals surface area contributed by atoms with E-state index in [-0.39, 0.29) is 17.2 Å². The first-order valence-corrected chi connectivity index (χ1v) is 12.1. The highest BCUT2D eigenvalue weighted by atomic mass is 32.2. The van der Waals surface area contributed by atoms with Gasteiger partial charge in [0.15, 0.2) is 0 Å². The summed E-state index contributed by atoms with van der Waals surface area (Å²) >= 11 is 0. The van der Waals surface area contributed by atoms with Gasteiger partial charge in [0.1, 0.15) is 0 Å². The zero-order chi connectivity index (χ0) is 22.4. The van der Waals surface area contributed by atoms with Crippen LogP contribution in [0.5, 0.6) is 0 Å². The average Bonchev–Trinajstić information content (AvgIpc) is 3.21. The highest BCUT2D eigenvalue weighted by Crippen LogP contribution is 2.23. The molecule has 2 aromatic rings. The van der Waals surface area contributed by atoms with Gasteiger partial charge in [0.2, 0.25) is 15.9 Å². The number of sulfonamides is 1. The molecule has 1 heterocycles. The van der Waals surface area contributed by atoms with E-state index in [2.05, 4.69) is 20.3 Å². The van der Waals surface area contributed by atoms with E-state index in [9.17, 15) is 18.0 Å². The Morgan fingerprint density at radius 2 is 1.61 bits per heavy atom. The highest BCUT2D eigenvalue weighted by Gasteiger charge is 2.16. The summed E-state index contributed by atoms with van der Waals surface area (Å²) in [6.07, 6.45) is 4.50. The fraction of sp³-hybridized carbons (Fsp3) is 0.364. The molecule has 0 radical (unpaired) electrons. The van der Waals surface area contributed by atoms with Gasteiger partial charge in [-0.2, -0.15) is 0 Å². The van der Waals surface area contributed by atoms with Gasteiger partial charge in [0, 0.05) is 24.8 Å². The molecule has 3 rings (SSSR count). The molecule has 1 aliphatic heterocycles. The number of likely N-dealkylation sites (tertiary alicyclic amines) is 1. The van der Waals surface area contributed by atoms with E-state index < -0.39 is 15.9 Å². The minimum absolute atomic E-state index is 0.106. The molecule has 166 valence electrons. The van der Waals surface area contributed by atoms with Gasteiger partial charge >= 0.3 is 0 Å². The van der Waals surface area contributed by atoms with Crippen molar-refractivity contribution in [2.75, 3.05) is 41.2 Å². The minimum Gasteiger partial charge on any atom is -0.326 e. The van der Waals surface area contributed by atoms with Crippen LogP contribution < -0.4 is 15.4 Å². The lowest BCUT2D eigenvalue weighted by Crippen LogP contribution is -2.21. The van der Waals surface area contributed by atoms with Gasteiger partial charge in [-0.05, 0) is 68.2 Å². The second-order valence-electron chi connectivity index (χ2n) is 7.77. The maximum atomic E-state index is 12.9. The lowest BCUT2D eigenvalue weighted by Gasteiger charge is -2.15. The molecular formula is C22H28N4O4S. The standard InChI is InChI=1S/C22H28N4O4S/c1-16(27)23-19-9-10-21(25-31(2,29)30)20(15-19)22(28)24-18-7-5-17(6-8-18)11-14-26-12-3-4-13-26/h5-10,15,25H,3-4,11-14H2,1-2H3,(H,23,27)(H,24,28). The number of hydrogen-bond donors (Lipinski definition) is 3. The Bertz CT molecular complexity index is 1050. The van der Waals surface area contributed by atoms with Crippen molar-refractivity contribution in [3.63, 3.8) is 0 Å². The van der Waals surface area contributed by atoms with Crippen LogP contribution in [0.25, 0.3) is 0 Å². The molecular weight excluding hydrogens is 416 g/mol. The molecule has 1 saturated heterocycles. The second kappa shape index (κ2) is 9.93. The highest BCUT2D eigenvalue weighted by molar-refractivity contribution is 7.92. The normalized spacial score (nSPS) is 14.3. The number of rotatable bonds is 8. The molecule has 0 atom stereocenters. The second-order valence-corrected chi connectivity index (χ2v) is 9.51. The van der Waals surface area contributed by atoms with Crippen LogP contribution in [0, 0.1) is 0 Å². The van der Waals surface area contributed by atoms with E-state index in [4.69, 9.17) is 0 Å². The van der Waals surface area contributed by atoms with Gasteiger partial charge in [0.05, 0.1) is 17.5 Å². The molecule has 0 aromatic heterocycles. The van der Waals surface area contributed by atoms with Crippen LogP contribution in [-0.4, -0.2) is 51.0 Å². The summed E-state index contributed by atoms with van der Waals surface area (Å²) in [7, 11) is -3.58. The van der Waals surface area contributed by atoms with E-state index in [1.54, 1.807) is 0 Å². The van der Waals surface area contributed by atoms with Crippen molar-refractivity contribution >= 4 is 38.9 Å². The molecule has 0 bridgehead atoms. The summed E-state index contributed by atoms with van der Waals surface area (Å²) in [5.74, 6) is -0.775. The summed E-state index contributed by atoms with van der Waals surface area (Å²) in [6, 6.07) is 12.0. The maximum absolute atomic E-state index is 12.9. The first-order valence-electron chi connectivity index (χ1n) is 10.2. The van der Waals surface area contributed by atoms with Gasteiger partial charge < -0.3 is 15.5 Å². The summed E-state index contributed by atoms with van der Waals surface area (Å²) in [5, 5.41) is 5.39. The van der Waals surface area contributed by atoms with Crippen molar-refractivity contribution in [1.82, 2.24) is 4.90 Å². The summed E-state index contributed by atoms with van der Waals surface area (Å²) in [4.78, 5) is 26.7. The third kappa shape index (κ3) is 7.08. The molecule has 8 nitrogen and oxygen atoms in total. The van der Waals surface area contributed by atoms with Gasteiger partial charge in [-0.3, -0.25) is 14.3 Å². The Balaban J connectivity index is 1.72. The number of anilines is 3. The Kier molecular flexibility index (Phi) is 7.29. The summed E-state index contributed by atoms with van der Waals surface area (Å²) in [5.41, 5.74) is 2.43. The van der Waals surface area contributed by atoms with Crippen molar-refractivity contribution in [3.05, 3.63) is 53.6 Å². The van der Waals surface area contributed by atoms with E-state index in [0.717, 1.165) is 32.3 Å². The van der Waals surface area contributed by atoms with Crippen LogP contribution in [0.15, 0.2) is 42.5 Å². The van der Waals surface area contributed by atoms with E-state index in [1.165, 1.54) is 43.5 Å². The van der Waals surface area contributed by atoms with Crippen molar-refractivity contribution in [3.8, 4) is 0 Å². The quantitative estimate of drug-likeness (QED) is 0.580. The maximum Gasteiger partial charge on any atom is 0.257 e. The van der Waals surface area contributed by atoms with Gasteiger partial charge in [0.25, 0.3) is 5.91 Å². The summed E-state index contributed by atoms with van der Waals surface area (Å²) < 4.78 is 25.7. The van der Waals surface area contributed by atoms with Crippen LogP contribution in [0.4, 0.5) is 17.1 Å². The number of amides is 2. The molecule has 0 aliphatic carbocycles. The predicted molar refractivity (Wildman–Crippen MR) is 123 cm³/mol. The third-order valence-corrected chi connectivity index (χ3v) is 5.60. The first kappa shape index (κ1) is 22.8. The number of carbonyl (C=O) groups is 2. The molecule has 0 saturated carbocycles. The zero-order valence-corrected chi connectivity index (χ0v) is 18.6. The number of nitrogens with one attached hydrogen (secondary N) is 3. The van der Waals surface area contributed by atoms with Crippen LogP contribution >= 0.6 is 0 Å². The van der Waals surface area contributed by atoms with E-state index in [1.807, 2.05) is 24.3 Å². The van der Waals surface area contributed by atoms with E-state index in [0.29, 0.717) is 11.4 Å². The molecule has 2 aromatic carbocycles. The molecule has 9 heteroatoms. The molecule has 1 fully saturated rings. The molecule has 2 amide bonds. The van der Waals surface area contributed by atoms with E-state index >= 15 is 0 Å². The predicted octanol–water partition coefficient (Wildman–Crippen LogP) is 2.91. The Morgan fingerprint density at radius 1 is 0.968 bits per heavy atom. The van der Waals surface area contributed by atoms with Crippen LogP contribution in [0.2, 0.25) is 0 Å². The van der Waals surface area contributed by atoms with Crippen molar-refractivity contribution in [2.45, 2.75) is 26.2 Å². The number of carbonyl (C=O) groups excluding carboxylic acids is 2. The monoisotopic (exact) mass is 444 g/mol. The summed E-state index contributed by atoms with van der Waals surface area (Å²) in [6.45, 7) is 4.71. The Hall–Kier alpha value is -2.91. The lowest BCUT2D eigenvalue weighted by atomic mass is 10.1. The van der Waals surface area contributed by atoms with Crippen LogP contribution in [0.1, 0.15) is 35.7 Å². The fourth-order valence-electron chi connectivity index (χ4n) is 3.55. The SMILES string of the molecule is CC(=O)Nc1ccc(NS(C)(=O)=O)c(C(=O)Nc2ccc(CCN3CCCC3)cc2)c1. The first-order chi connectivity index (χ1) is 14.7. The van der Waals surface area contributed by atoms with Crippen LogP contribution in [0.3, 0.4) is 0 Å². The van der Waals surface area contributed by atoms with Crippen LogP contribution in [-0.2, 0) is 21.2 Å². The van der Waals surface area contributed by atoms with Gasteiger partial charge in [-0.15, -0.1) is 0 Å². The molecule has 0 unspecified atom stereocenters. The molecule has 31 heavy (non-hydrogen) atoms. The Morgan fingerprint density at radius 3 is 2.23 bits per heavy atom. The minimum atomic E-state index is -3.58. The number of nitrogens with zero attached hydrogens (tertiary/aromatic N) is 1. The lowest BCUT2D eigenvalue weighted by molar-refractivity contribution is -0.114. The molecule has 0 spiro atoms. The largest absolute Gasteiger partial charge is 0.326 e. The van der Waals surface area contributed by atoms with Crippen molar-refractivity contribution in [1.29, 1.82) is 0 Å². The fourth-order valence-corrected chi connectivity index (χ4v) is 4.13. The smallest absolute Gasteiger partial charge is 0.257 e. The zero-order valence-electron chi connectivity index (χ0n) is 17.8.